The highest BCUT2D eigenvalue weighted by atomic mass is 35.5. The summed E-state index contributed by atoms with van der Waals surface area (Å²) in [5, 5.41) is 20.7. The summed E-state index contributed by atoms with van der Waals surface area (Å²) in [5.41, 5.74) is 8.04. The fourth-order valence-corrected chi connectivity index (χ4v) is 13.5. The van der Waals surface area contributed by atoms with Crippen molar-refractivity contribution < 1.29 is 16.8 Å². The van der Waals surface area contributed by atoms with Crippen molar-refractivity contribution in [3.63, 3.8) is 0 Å². The Morgan fingerprint density at radius 1 is 0.812 bits per heavy atom. The van der Waals surface area contributed by atoms with Gasteiger partial charge in [-0.3, -0.25) is 9.80 Å². The summed E-state index contributed by atoms with van der Waals surface area (Å²) in [6.45, 7) is 10.4. The zero-order chi connectivity index (χ0) is 46.6. The number of benzene rings is 2. The van der Waals surface area contributed by atoms with Crippen LogP contribution in [0.15, 0.2) is 52.9 Å². The molecule has 22 heteroatoms. The first-order valence-corrected chi connectivity index (χ1v) is 29.3. The van der Waals surface area contributed by atoms with E-state index in [9.17, 15) is 16.8 Å². The summed E-state index contributed by atoms with van der Waals surface area (Å²) in [5.74, 6) is 0.967. The van der Waals surface area contributed by atoms with Crippen molar-refractivity contribution in [1.82, 2.24) is 38.9 Å². The molecule has 0 bridgehead atoms. The van der Waals surface area contributed by atoms with Crippen LogP contribution in [0.25, 0.3) is 0 Å². The lowest BCUT2D eigenvalue weighted by molar-refractivity contribution is 0.0340. The Bertz CT molecular complexity index is 2220. The second-order valence-corrected chi connectivity index (χ2v) is 24.8. The molecular weight excluding hydrogens is 936 g/mol. The molecule has 4 saturated heterocycles. The maximum atomic E-state index is 12.4. The van der Waals surface area contributed by atoms with Gasteiger partial charge in [-0.1, -0.05) is 58.2 Å². The van der Waals surface area contributed by atoms with Gasteiger partial charge >= 0.3 is 0 Å². The number of aromatic amines is 1. The number of H-pyrrole nitrogens is 1. The van der Waals surface area contributed by atoms with Gasteiger partial charge in [0, 0.05) is 85.6 Å². The highest BCUT2D eigenvalue weighted by molar-refractivity contribution is 8.10. The Morgan fingerprint density at radius 2 is 1.27 bits per heavy atom. The van der Waals surface area contributed by atoms with Crippen molar-refractivity contribution in [2.75, 3.05) is 93.1 Å². The third kappa shape index (κ3) is 15.5. The molecule has 0 radical (unpaired) electrons. The van der Waals surface area contributed by atoms with Crippen molar-refractivity contribution >= 4 is 77.6 Å². The summed E-state index contributed by atoms with van der Waals surface area (Å²) in [6, 6.07) is 16.9. The van der Waals surface area contributed by atoms with Crippen LogP contribution in [0.1, 0.15) is 50.7 Å². The molecule has 0 saturated carbocycles. The Morgan fingerprint density at radius 3 is 1.66 bits per heavy atom. The summed E-state index contributed by atoms with van der Waals surface area (Å²) >= 11 is 13.8. The van der Waals surface area contributed by atoms with Gasteiger partial charge in [-0.15, -0.1) is 5.10 Å². The van der Waals surface area contributed by atoms with E-state index >= 15 is 0 Å². The largest absolute Gasteiger partial charge is 0.368 e. The second-order valence-electron chi connectivity index (χ2n) is 17.1. The number of aromatic nitrogens is 3. The van der Waals surface area contributed by atoms with Gasteiger partial charge in [-0.25, -0.2) is 21.9 Å². The van der Waals surface area contributed by atoms with Gasteiger partial charge in [0.15, 0.2) is 0 Å². The number of thioether (sulfide) groups is 1. The van der Waals surface area contributed by atoms with Gasteiger partial charge in [-0.05, 0) is 113 Å². The second kappa shape index (κ2) is 24.5. The fraction of sp³-hybridized carbons (Fsp3) is 0.643. The maximum absolute atomic E-state index is 12.4. The first-order chi connectivity index (χ1) is 30.4. The number of nitrogen functional groups attached to an aromatic ring is 1. The molecule has 4 N–H and O–H groups in total. The maximum Gasteiger partial charge on any atom is 0.246 e. The van der Waals surface area contributed by atoms with E-state index in [1.165, 1.54) is 18.1 Å². The van der Waals surface area contributed by atoms with Gasteiger partial charge < -0.3 is 16.0 Å². The van der Waals surface area contributed by atoms with E-state index < -0.39 is 20.0 Å². The first kappa shape index (κ1) is 52.4. The van der Waals surface area contributed by atoms with E-state index in [0.29, 0.717) is 42.1 Å². The van der Waals surface area contributed by atoms with Crippen LogP contribution in [0, 0.1) is 11.5 Å². The Kier molecular flexibility index (Phi) is 20.0. The predicted octanol–water partition coefficient (Wildman–Crippen LogP) is 4.77. The van der Waals surface area contributed by atoms with Crippen molar-refractivity contribution in [2.24, 2.45) is 4.36 Å². The minimum Gasteiger partial charge on any atom is -0.368 e. The van der Waals surface area contributed by atoms with Gasteiger partial charge in [0.05, 0.1) is 17.6 Å². The lowest BCUT2D eigenvalue weighted by atomic mass is 9.95. The summed E-state index contributed by atoms with van der Waals surface area (Å²) in [6.07, 6.45) is 14.2. The number of halogens is 2. The average molecular weight is 1000 g/mol. The highest BCUT2D eigenvalue weighted by Crippen LogP contribution is 2.30. The zero-order valence-electron chi connectivity index (χ0n) is 37.8. The van der Waals surface area contributed by atoms with E-state index in [0.717, 1.165) is 93.5 Å². The number of nitrogens with one attached hydrogen (secondary N) is 2. The van der Waals surface area contributed by atoms with Crippen LogP contribution in [0.4, 0.5) is 11.9 Å². The van der Waals surface area contributed by atoms with E-state index in [2.05, 4.69) is 39.6 Å². The number of sulfonamides is 2. The van der Waals surface area contributed by atoms with Gasteiger partial charge in [-0.2, -0.15) is 35.0 Å². The number of rotatable bonds is 11. The van der Waals surface area contributed by atoms with Crippen LogP contribution in [-0.4, -0.2) is 169 Å². The number of piperidine rings is 2. The number of piperazine rings is 2. The molecule has 16 nitrogen and oxygen atoms in total. The normalized spacial score (nSPS) is 24.3. The zero-order valence-corrected chi connectivity index (χ0v) is 42.6. The molecule has 5 atom stereocenters. The molecule has 3 unspecified atom stereocenters. The van der Waals surface area contributed by atoms with Crippen molar-refractivity contribution in [1.29, 1.82) is 5.26 Å². The molecule has 356 valence electrons. The topological polar surface area (TPSA) is 200 Å². The van der Waals surface area contributed by atoms with Crippen LogP contribution in [0.2, 0.25) is 10.0 Å². The minimum atomic E-state index is -3.26. The van der Waals surface area contributed by atoms with Gasteiger partial charge in [0.1, 0.15) is 0 Å². The van der Waals surface area contributed by atoms with Crippen LogP contribution in [0.3, 0.4) is 0 Å². The molecule has 3 aromatic rings. The number of anilines is 2. The van der Waals surface area contributed by atoms with Crippen molar-refractivity contribution in [2.45, 2.75) is 88.6 Å². The van der Waals surface area contributed by atoms with Gasteiger partial charge in [0.25, 0.3) is 0 Å². The van der Waals surface area contributed by atoms with Gasteiger partial charge in [0.2, 0.25) is 38.1 Å². The first-order valence-electron chi connectivity index (χ1n) is 21.6. The third-order valence-corrected chi connectivity index (χ3v) is 18.2. The minimum absolute atomic E-state index is 0.0198. The SMILES string of the molecule is CSCS(C)=NC#N.C[C@H]1CN(C2CCN(c3n[nH]c(N)n3)CC2)C(Cc2ccc(Cl)cc2)CN1S(C)(=O)=O.C[C@H]1CN(C2CCNCC2)C(Cc2ccc(Cl)cc2)CN1S(C)(=O)=O. The predicted molar refractivity (Wildman–Crippen MR) is 265 cm³/mol. The number of hydrogen-bond acceptors (Lipinski definition) is 14. The Hall–Kier alpha value is -2.55. The smallest absolute Gasteiger partial charge is 0.246 e. The third-order valence-electron chi connectivity index (χ3n) is 12.2. The molecule has 4 aliphatic rings. The van der Waals surface area contributed by atoms with E-state index in [1.54, 1.807) is 26.6 Å². The van der Waals surface area contributed by atoms with Crippen molar-refractivity contribution in [3.05, 3.63) is 69.7 Å². The Labute approximate surface area is 398 Å². The molecule has 0 amide bonds. The van der Waals surface area contributed by atoms with Crippen LogP contribution >= 0.6 is 35.0 Å². The van der Waals surface area contributed by atoms with Crippen molar-refractivity contribution in [3.8, 4) is 6.19 Å². The molecule has 7 rings (SSSR count). The summed E-state index contributed by atoms with van der Waals surface area (Å²) in [4.78, 5) is 11.5. The number of nitriles is 1. The van der Waals surface area contributed by atoms with E-state index in [4.69, 9.17) is 34.2 Å². The molecular formula is C42H66Cl2N12O4S4. The molecule has 1 aromatic heterocycles. The molecule has 64 heavy (non-hydrogen) atoms. The Balaban J connectivity index is 0.000000209. The van der Waals surface area contributed by atoms with E-state index in [1.807, 2.05) is 74.9 Å². The standard InChI is InChI=1S/C20H30ClN7O2S.C18H28ClN3O2S.C4H8N2S2/c1-14-12-27(17-7-9-26(10-8-17)20-23-19(22)24-25-20)18(13-28(14)31(2,29)30)11-15-3-5-16(21)6-4-15;1-14-12-21(17-7-9-20-10-8-17)18(13-22(14)25(2,23)24)11-15-3-5-16(19)6-4-15;1-7-4-8(2)6-3-5/h3-6,14,17-18H,7-13H2,1-2H3,(H3,22,23,24,25);3-6,14,17-18,20H,7-13H2,1-2H3;4H2,1-2H3/t2*14-,18?;/m00./s1. The number of nitrogens with two attached hydrogens (primary N) is 1. The monoisotopic (exact) mass is 1000 g/mol. The fourth-order valence-electron chi connectivity index (χ4n) is 9.25. The molecule has 5 heterocycles. The quantitative estimate of drug-likeness (QED) is 0.222. The molecule has 4 aliphatic heterocycles. The molecule has 0 spiro atoms. The van der Waals surface area contributed by atoms with Crippen LogP contribution in [0.5, 0.6) is 0 Å². The number of hydrogen-bond donors (Lipinski definition) is 3. The van der Waals surface area contributed by atoms with Crippen LogP contribution in [-0.2, 0) is 43.6 Å². The lowest BCUT2D eigenvalue weighted by Crippen LogP contribution is -2.63. The highest BCUT2D eigenvalue weighted by Gasteiger charge is 2.41. The van der Waals surface area contributed by atoms with Crippen LogP contribution < -0.4 is 16.0 Å². The average Bonchev–Trinajstić information content (AvgIpc) is 3.69. The molecule has 2 aromatic carbocycles. The number of nitrogens with zero attached hydrogens (tertiary/aromatic N) is 9. The lowest BCUT2D eigenvalue weighted by Gasteiger charge is -2.49. The van der Waals surface area contributed by atoms with E-state index in [-0.39, 0.29) is 34.9 Å². The molecule has 0 aliphatic carbocycles. The summed E-state index contributed by atoms with van der Waals surface area (Å²) in [7, 11) is -6.49. The molecule has 4 fully saturated rings. The summed E-state index contributed by atoms with van der Waals surface area (Å²) < 4.78 is 56.1.